The summed E-state index contributed by atoms with van der Waals surface area (Å²) in [6.07, 6.45) is 10.7. The van der Waals surface area contributed by atoms with Crippen molar-refractivity contribution in [2.24, 2.45) is 7.05 Å². The van der Waals surface area contributed by atoms with Gasteiger partial charge in [0, 0.05) is 76.6 Å². The molecule has 0 saturated carbocycles. The van der Waals surface area contributed by atoms with Crippen molar-refractivity contribution in [3.05, 3.63) is 306 Å². The number of ether oxygens (including phenoxy) is 3. The minimum atomic E-state index is -0.564. The Morgan fingerprint density at radius 2 is 0.757 bits per heavy atom. The van der Waals surface area contributed by atoms with Crippen molar-refractivity contribution in [1.29, 1.82) is 0 Å². The molecule has 9 aromatic carbocycles. The summed E-state index contributed by atoms with van der Waals surface area (Å²) in [5.41, 5.74) is 26.0. The van der Waals surface area contributed by atoms with Gasteiger partial charge in [0.1, 0.15) is 67.9 Å². The second-order valence-electron chi connectivity index (χ2n) is 28.7. The van der Waals surface area contributed by atoms with E-state index in [1.165, 1.54) is 160 Å². The summed E-state index contributed by atoms with van der Waals surface area (Å²) < 4.78 is 50.6. The Balaban J connectivity index is 0.0000000849. The molecule has 9 aliphatic heterocycles. The maximum Gasteiger partial charge on any atom is 0.372 e. The molecule has 30 rings (SSSR count). The van der Waals surface area contributed by atoms with E-state index in [1.807, 2.05) is 11.3 Å². The Hall–Kier alpha value is -13.5. The van der Waals surface area contributed by atoms with Crippen LogP contribution in [-0.2, 0) is 24.0 Å². The molecule has 3 spiro atoms. The number of hydrogen-bond donors (Lipinski definition) is 0. The van der Waals surface area contributed by atoms with Crippen molar-refractivity contribution < 1.29 is 46.0 Å². The monoisotopic (exact) mass is 1340 g/mol. The first-order valence-corrected chi connectivity index (χ1v) is 36.0. The van der Waals surface area contributed by atoms with Crippen LogP contribution in [0.15, 0.2) is 277 Å². The quantitative estimate of drug-likeness (QED) is 0.142. The van der Waals surface area contributed by atoms with E-state index in [9.17, 15) is 0 Å². The minimum absolute atomic E-state index is 0.518. The molecular formula is C88H48N10O4S+6. The highest BCUT2D eigenvalue weighted by atomic mass is 32.1. The van der Waals surface area contributed by atoms with Gasteiger partial charge in [-0.2, -0.15) is 13.2 Å². The molecule has 0 N–H and O–H groups in total. The van der Waals surface area contributed by atoms with Crippen LogP contribution >= 0.6 is 11.3 Å². The molecule has 15 heteroatoms. The molecule has 12 aromatic heterocycles. The number of para-hydroxylation sites is 6. The molecule has 0 aliphatic carbocycles. The van der Waals surface area contributed by atoms with Gasteiger partial charge in [-0.15, -0.1) is 38.7 Å². The summed E-state index contributed by atoms with van der Waals surface area (Å²) in [6, 6.07) is 85.0. The average molecular weight is 1340 g/mol. The molecule has 21 aromatic rings. The van der Waals surface area contributed by atoms with Crippen molar-refractivity contribution in [1.82, 2.24) is 17.8 Å². The third-order valence-corrected chi connectivity index (χ3v) is 25.5. The number of hydrogen-bond acceptors (Lipinski definition) is 5. The van der Waals surface area contributed by atoms with Gasteiger partial charge in [-0.25, -0.2) is 0 Å². The molecule has 474 valence electrons. The number of aromatic nitrogens is 10. The molecule has 103 heavy (non-hydrogen) atoms. The number of nitrogens with zero attached hydrogens (tertiary/aromatic N) is 10. The van der Waals surface area contributed by atoms with Crippen LogP contribution in [0.3, 0.4) is 0 Å². The van der Waals surface area contributed by atoms with Crippen molar-refractivity contribution in [3.8, 4) is 68.3 Å². The third-order valence-electron chi connectivity index (χ3n) is 24.6. The highest BCUT2D eigenvalue weighted by Gasteiger charge is 2.72. The Bertz CT molecular complexity index is 7560. The van der Waals surface area contributed by atoms with Gasteiger partial charge in [0.25, 0.3) is 0 Å². The summed E-state index contributed by atoms with van der Waals surface area (Å²) >= 11 is 1.81. The van der Waals surface area contributed by atoms with Gasteiger partial charge in [0.15, 0.2) is 56.5 Å². The highest BCUT2D eigenvalue weighted by molar-refractivity contribution is 7.17. The van der Waals surface area contributed by atoms with E-state index in [0.717, 1.165) is 56.8 Å². The maximum atomic E-state index is 6.67. The molecule has 3 atom stereocenters. The lowest BCUT2D eigenvalue weighted by molar-refractivity contribution is -0.940. The summed E-state index contributed by atoms with van der Waals surface area (Å²) in [5.74, 6) is 5.60. The van der Waals surface area contributed by atoms with Crippen molar-refractivity contribution >= 4 is 126 Å². The fourth-order valence-corrected chi connectivity index (χ4v) is 22.4. The maximum absolute atomic E-state index is 6.67. The van der Waals surface area contributed by atoms with Crippen LogP contribution in [0.2, 0.25) is 0 Å². The first-order valence-electron chi connectivity index (χ1n) is 35.1. The van der Waals surface area contributed by atoms with Crippen molar-refractivity contribution in [2.45, 2.75) is 17.0 Å². The average Bonchev–Trinajstić information content (AvgIpc) is 1.48. The van der Waals surface area contributed by atoms with E-state index in [-0.39, 0.29) is 0 Å². The van der Waals surface area contributed by atoms with Crippen LogP contribution in [0.25, 0.3) is 148 Å². The number of imidazole rings is 3. The Morgan fingerprint density at radius 1 is 0.340 bits per heavy atom. The molecule has 3 unspecified atom stereocenters. The zero-order valence-electron chi connectivity index (χ0n) is 54.5. The number of thiophene rings is 1. The number of pyridine rings is 6. The zero-order chi connectivity index (χ0) is 66.1. The number of benzene rings is 9. The number of furan rings is 1. The van der Waals surface area contributed by atoms with Crippen LogP contribution in [-0.4, -0.2) is 17.8 Å². The van der Waals surface area contributed by atoms with Gasteiger partial charge < -0.3 is 23.2 Å². The topological polar surface area (TPSA) is 82.3 Å². The molecule has 0 saturated heterocycles. The molecule has 9 aliphatic rings. The fourth-order valence-electron chi connectivity index (χ4n) is 21.4. The van der Waals surface area contributed by atoms with E-state index in [4.69, 9.17) is 18.6 Å². The highest BCUT2D eigenvalue weighted by Crippen LogP contribution is 2.62. The molecule has 0 bridgehead atoms. The Labute approximate surface area is 585 Å². The smallest absolute Gasteiger partial charge is 0.372 e. The molecule has 14 nitrogen and oxygen atoms in total. The first-order chi connectivity index (χ1) is 51.1. The van der Waals surface area contributed by atoms with Gasteiger partial charge >= 0.3 is 39.6 Å². The predicted octanol–water partition coefficient (Wildman–Crippen LogP) is 16.0. The molecule has 0 amide bonds. The largest absolute Gasteiger partial charge is 0.456 e. The van der Waals surface area contributed by atoms with E-state index in [2.05, 4.69) is 319 Å². The first kappa shape index (κ1) is 51.6. The zero-order valence-corrected chi connectivity index (χ0v) is 55.3. The van der Waals surface area contributed by atoms with Crippen molar-refractivity contribution in [3.63, 3.8) is 0 Å². The summed E-state index contributed by atoms with van der Waals surface area (Å²) in [6.45, 7) is 0. The third kappa shape index (κ3) is 5.15. The minimum Gasteiger partial charge on any atom is -0.456 e. The lowest BCUT2D eigenvalue weighted by atomic mass is 9.86. The SMILES string of the molecule is Cn1ccc2c3ccc4c5c3c3n(c6ccccc6[n+]3C53c5c(cccc5-c5cccc[n+]53)O4)c21.c1cc2c3c(c1)-c1cccc[n+]1C31c3c(ccc4c5ccoc5n5c6ccccc6[n+]1c5c34)O2.c1cc2c3c(c1)-c1cccc[n+]1C31c3c(ccc4c5ccsc5n5c6ccccc6[n+]1c5c34)O2. The van der Waals surface area contributed by atoms with Gasteiger partial charge in [-0.3, -0.25) is 0 Å². The Morgan fingerprint density at radius 3 is 1.26 bits per heavy atom. The summed E-state index contributed by atoms with van der Waals surface area (Å²) in [7, 11) is 2.14. The van der Waals surface area contributed by atoms with Crippen LogP contribution in [0, 0.1) is 0 Å². The number of rotatable bonds is 0. The van der Waals surface area contributed by atoms with Gasteiger partial charge in [-0.05, 0) is 151 Å². The van der Waals surface area contributed by atoms with Gasteiger partial charge in [-0.1, -0.05) is 54.6 Å². The fraction of sp³-hybridized carbons (Fsp3) is 0.0455. The standard InChI is InChI=1S/C30H18N4O.C29H15N3O2.C29H15N3OS/c1-31-16-14-18-17-12-13-24-27-25(17)29-33(28(18)31)21-9-2-3-10-22(21)34(29)30(27)26-19(7-6-11-23(26)35-24)20-8-4-5-15-32(20)30;1-2-9-21-20(8-1)31-27-24-16(17-13-15-33-28(17)31)11-12-23-26(24)29(32(21)27)25-18(6-5-10-22(25)34-23)19-7-3-4-14-30(19)29;1-2-9-21-20(8-1)31-27-24-16(17-13-15-34-28(17)31)11-12-23-26(24)29(32(21)27)25-18(6-5-10-22(25)33-23)19-7-3-4-14-30(19)29/h2-16H,1H3;2*1-15H/q3*+2. The molecule has 0 radical (unpaired) electrons. The van der Waals surface area contributed by atoms with Crippen LogP contribution in [0.4, 0.5) is 0 Å². The Kier molecular flexibility index (Phi) is 8.37. The van der Waals surface area contributed by atoms with E-state index >= 15 is 0 Å². The second-order valence-corrected chi connectivity index (χ2v) is 29.6. The van der Waals surface area contributed by atoms with Gasteiger partial charge in [0.2, 0.25) is 22.7 Å². The molecule has 21 heterocycles. The van der Waals surface area contributed by atoms with E-state index in [0.29, 0.717) is 0 Å². The summed E-state index contributed by atoms with van der Waals surface area (Å²) in [5, 5.41) is 13.5. The lowest BCUT2D eigenvalue weighted by Gasteiger charge is -2.28. The van der Waals surface area contributed by atoms with Gasteiger partial charge in [0.05, 0.1) is 44.5 Å². The van der Waals surface area contributed by atoms with Crippen molar-refractivity contribution in [2.75, 3.05) is 0 Å². The second kappa shape index (κ2) is 16.7. The van der Waals surface area contributed by atoms with Crippen LogP contribution in [0.1, 0.15) is 33.4 Å². The summed E-state index contributed by atoms with van der Waals surface area (Å²) in [4.78, 5) is 1.29. The number of aryl methyl sites for hydroxylation is 1. The molecule has 0 fully saturated rings. The van der Waals surface area contributed by atoms with Crippen LogP contribution < -0.4 is 41.6 Å². The predicted molar refractivity (Wildman–Crippen MR) is 391 cm³/mol. The molecular weight excluding hydrogens is 1290 g/mol. The lowest BCUT2D eigenvalue weighted by Crippen LogP contribution is -2.71. The van der Waals surface area contributed by atoms with Crippen LogP contribution in [0.5, 0.6) is 34.5 Å². The van der Waals surface area contributed by atoms with E-state index < -0.39 is 17.0 Å². The van der Waals surface area contributed by atoms with E-state index in [1.54, 1.807) is 6.26 Å². The normalized spacial score (nSPS) is 18.3. The number of fused-ring (bicyclic) bond motifs is 24.